The van der Waals surface area contributed by atoms with E-state index in [1.165, 1.54) is 4.31 Å². The lowest BCUT2D eigenvalue weighted by Gasteiger charge is -2.36. The van der Waals surface area contributed by atoms with Gasteiger partial charge in [-0.05, 0) is 31.4 Å². The second-order valence-corrected chi connectivity index (χ2v) is 7.16. The molecule has 1 saturated carbocycles. The van der Waals surface area contributed by atoms with E-state index in [4.69, 9.17) is 10.5 Å². The summed E-state index contributed by atoms with van der Waals surface area (Å²) >= 11 is 0. The van der Waals surface area contributed by atoms with Crippen molar-refractivity contribution in [3.8, 4) is 0 Å². The van der Waals surface area contributed by atoms with Crippen molar-refractivity contribution in [2.45, 2.75) is 36.3 Å². The highest BCUT2D eigenvalue weighted by molar-refractivity contribution is 7.89. The second-order valence-electron chi connectivity index (χ2n) is 5.34. The Morgan fingerprint density at radius 3 is 2.57 bits per heavy atom. The van der Waals surface area contributed by atoms with Crippen LogP contribution >= 0.6 is 0 Å². The van der Waals surface area contributed by atoms with E-state index in [-0.39, 0.29) is 31.0 Å². The number of fused-ring (bicyclic) bond motifs is 1. The van der Waals surface area contributed by atoms with Gasteiger partial charge in [-0.1, -0.05) is 0 Å². The molecular formula is C13H16F2N2O3S. The average Bonchev–Trinajstić information content (AvgIpc) is 2.84. The number of halogens is 2. The molecule has 0 radical (unpaired) electrons. The second kappa shape index (κ2) is 5.19. The number of benzene rings is 1. The highest BCUT2D eigenvalue weighted by Gasteiger charge is 2.44. The van der Waals surface area contributed by atoms with E-state index in [0.29, 0.717) is 6.42 Å². The van der Waals surface area contributed by atoms with Crippen LogP contribution in [0.5, 0.6) is 0 Å². The molecule has 21 heavy (non-hydrogen) atoms. The summed E-state index contributed by atoms with van der Waals surface area (Å²) in [4.78, 5) is -0.927. The summed E-state index contributed by atoms with van der Waals surface area (Å²) in [6.45, 7) is 0.339. The van der Waals surface area contributed by atoms with Gasteiger partial charge in [0.2, 0.25) is 10.0 Å². The van der Waals surface area contributed by atoms with Gasteiger partial charge in [0.1, 0.15) is 11.6 Å². The molecular weight excluding hydrogens is 302 g/mol. The van der Waals surface area contributed by atoms with Gasteiger partial charge >= 0.3 is 0 Å². The molecule has 1 aliphatic heterocycles. The smallest absolute Gasteiger partial charge is 0.249 e. The van der Waals surface area contributed by atoms with Crippen LogP contribution in [0.25, 0.3) is 0 Å². The van der Waals surface area contributed by atoms with Crippen molar-refractivity contribution >= 4 is 15.7 Å². The van der Waals surface area contributed by atoms with Gasteiger partial charge in [0.05, 0.1) is 18.8 Å². The summed E-state index contributed by atoms with van der Waals surface area (Å²) < 4.78 is 59.9. The van der Waals surface area contributed by atoms with Gasteiger partial charge in [-0.3, -0.25) is 0 Å². The molecule has 1 aromatic rings. The van der Waals surface area contributed by atoms with Crippen LogP contribution in [-0.4, -0.2) is 38.0 Å². The third-order valence-electron chi connectivity index (χ3n) is 4.02. The zero-order valence-corrected chi connectivity index (χ0v) is 12.1. The van der Waals surface area contributed by atoms with Gasteiger partial charge in [0.25, 0.3) is 0 Å². The van der Waals surface area contributed by atoms with Crippen molar-refractivity contribution < 1.29 is 21.9 Å². The predicted octanol–water partition coefficient (Wildman–Crippen LogP) is 1.49. The topological polar surface area (TPSA) is 72.6 Å². The van der Waals surface area contributed by atoms with Crippen LogP contribution in [0.3, 0.4) is 0 Å². The molecule has 1 aromatic carbocycles. The zero-order chi connectivity index (χ0) is 15.2. The lowest BCUT2D eigenvalue weighted by molar-refractivity contribution is -0.0243. The molecule has 8 heteroatoms. The third-order valence-corrected chi connectivity index (χ3v) is 6.00. The zero-order valence-electron chi connectivity index (χ0n) is 11.3. The minimum Gasteiger partial charge on any atom is -0.399 e. The molecule has 5 nitrogen and oxygen atoms in total. The number of nitrogen functional groups attached to an aromatic ring is 1. The molecule has 2 atom stereocenters. The Morgan fingerprint density at radius 2 is 1.90 bits per heavy atom. The van der Waals surface area contributed by atoms with Gasteiger partial charge in [-0.15, -0.1) is 0 Å². The summed E-state index contributed by atoms with van der Waals surface area (Å²) in [5, 5.41) is 0. The number of ether oxygens (including phenoxy) is 1. The van der Waals surface area contributed by atoms with Crippen LogP contribution in [0.2, 0.25) is 0 Å². The largest absolute Gasteiger partial charge is 0.399 e. The van der Waals surface area contributed by atoms with Gasteiger partial charge in [0, 0.05) is 12.2 Å². The van der Waals surface area contributed by atoms with E-state index in [1.807, 2.05) is 0 Å². The minimum absolute atomic E-state index is 0.104. The molecule has 2 N–H and O–H groups in total. The number of nitrogens with zero attached hydrogens (tertiary/aromatic N) is 1. The number of anilines is 1. The Kier molecular flexibility index (Phi) is 3.62. The van der Waals surface area contributed by atoms with E-state index in [0.717, 1.165) is 25.0 Å². The van der Waals surface area contributed by atoms with Crippen LogP contribution < -0.4 is 5.73 Å². The van der Waals surface area contributed by atoms with Crippen LogP contribution in [-0.2, 0) is 14.8 Å². The van der Waals surface area contributed by atoms with Crippen molar-refractivity contribution in [2.75, 3.05) is 18.9 Å². The molecule has 1 aliphatic carbocycles. The minimum atomic E-state index is -4.25. The summed E-state index contributed by atoms with van der Waals surface area (Å²) in [6, 6.07) is 1.30. The normalized spacial score (nSPS) is 26.8. The van der Waals surface area contributed by atoms with Crippen molar-refractivity contribution in [2.24, 2.45) is 0 Å². The number of hydrogen-bond donors (Lipinski definition) is 1. The first-order valence-corrected chi connectivity index (χ1v) is 8.23. The molecule has 3 rings (SSSR count). The van der Waals surface area contributed by atoms with Crippen LogP contribution in [0.4, 0.5) is 14.5 Å². The highest BCUT2D eigenvalue weighted by Crippen LogP contribution is 2.35. The van der Waals surface area contributed by atoms with E-state index >= 15 is 0 Å². The first-order valence-electron chi connectivity index (χ1n) is 6.79. The van der Waals surface area contributed by atoms with E-state index in [9.17, 15) is 17.2 Å². The number of rotatable bonds is 2. The lowest BCUT2D eigenvalue weighted by atomic mass is 10.2. The fourth-order valence-corrected chi connectivity index (χ4v) is 4.89. The van der Waals surface area contributed by atoms with Gasteiger partial charge in [-0.25, -0.2) is 17.2 Å². The molecule has 2 aliphatic rings. The van der Waals surface area contributed by atoms with E-state index in [1.54, 1.807) is 0 Å². The Bertz CT molecular complexity index is 642. The molecule has 2 unspecified atom stereocenters. The van der Waals surface area contributed by atoms with E-state index in [2.05, 4.69) is 0 Å². The van der Waals surface area contributed by atoms with Crippen molar-refractivity contribution in [3.05, 3.63) is 23.8 Å². The molecule has 1 heterocycles. The third kappa shape index (κ3) is 2.41. The molecule has 2 fully saturated rings. The summed E-state index contributed by atoms with van der Waals surface area (Å²) in [7, 11) is -4.25. The SMILES string of the molecule is Nc1cc(F)c(S(=O)(=O)N2CCOC3CCCC32)c(F)c1. The first-order chi connectivity index (χ1) is 9.91. The number of nitrogens with two attached hydrogens (primary N) is 1. The maximum atomic E-state index is 13.9. The maximum absolute atomic E-state index is 13.9. The van der Waals surface area contributed by atoms with Crippen molar-refractivity contribution in [1.29, 1.82) is 0 Å². The highest BCUT2D eigenvalue weighted by atomic mass is 32.2. The van der Waals surface area contributed by atoms with Gasteiger partial charge in [-0.2, -0.15) is 4.31 Å². The van der Waals surface area contributed by atoms with Crippen molar-refractivity contribution in [1.82, 2.24) is 4.31 Å². The molecule has 1 saturated heterocycles. The van der Waals surface area contributed by atoms with Gasteiger partial charge in [0.15, 0.2) is 4.90 Å². The Morgan fingerprint density at radius 1 is 1.24 bits per heavy atom. The van der Waals surface area contributed by atoms with Crippen molar-refractivity contribution in [3.63, 3.8) is 0 Å². The molecule has 0 bridgehead atoms. The standard InChI is InChI=1S/C13H16F2N2O3S/c14-9-6-8(16)7-10(15)13(9)21(18,19)17-4-5-20-12-3-1-2-11(12)17/h6-7,11-12H,1-5,16H2. The maximum Gasteiger partial charge on any atom is 0.249 e. The van der Waals surface area contributed by atoms with Crippen LogP contribution in [0.1, 0.15) is 19.3 Å². The lowest BCUT2D eigenvalue weighted by Crippen LogP contribution is -2.51. The predicted molar refractivity (Wildman–Crippen MR) is 72.0 cm³/mol. The Labute approximate surface area is 121 Å². The van der Waals surface area contributed by atoms with Gasteiger partial charge < -0.3 is 10.5 Å². The first kappa shape index (κ1) is 14.7. The number of morpholine rings is 1. The molecule has 116 valence electrons. The number of sulfonamides is 1. The van der Waals surface area contributed by atoms with Crippen LogP contribution in [0.15, 0.2) is 17.0 Å². The molecule has 0 aromatic heterocycles. The average molecular weight is 318 g/mol. The summed E-state index contributed by atoms with van der Waals surface area (Å²) in [5.41, 5.74) is 5.18. The molecule has 0 amide bonds. The summed E-state index contributed by atoms with van der Waals surface area (Å²) in [6.07, 6.45) is 2.06. The fraction of sp³-hybridized carbons (Fsp3) is 0.538. The van der Waals surface area contributed by atoms with Crippen LogP contribution in [0, 0.1) is 11.6 Å². The van der Waals surface area contributed by atoms with E-state index < -0.39 is 26.6 Å². The number of hydrogen-bond acceptors (Lipinski definition) is 4. The molecule has 0 spiro atoms. The summed E-state index contributed by atoms with van der Waals surface area (Å²) in [5.74, 6) is -2.32. The Hall–Kier alpha value is -1.25. The fourth-order valence-electron chi connectivity index (χ4n) is 3.13. The monoisotopic (exact) mass is 318 g/mol. The Balaban J connectivity index is 2.04. The quantitative estimate of drug-likeness (QED) is 0.839.